The third kappa shape index (κ3) is 10.2. The Balaban J connectivity index is 0.00000676. The summed E-state index contributed by atoms with van der Waals surface area (Å²) in [7, 11) is 3.46. The second-order valence-corrected chi connectivity index (χ2v) is 6.72. The molecule has 7 heteroatoms. The van der Waals surface area contributed by atoms with Crippen molar-refractivity contribution in [1.82, 2.24) is 15.5 Å². The van der Waals surface area contributed by atoms with Crippen LogP contribution >= 0.6 is 24.0 Å². The van der Waals surface area contributed by atoms with Crippen LogP contribution in [0.15, 0.2) is 29.3 Å². The molecule has 2 N–H and O–H groups in total. The molecule has 0 radical (unpaired) electrons. The predicted molar refractivity (Wildman–Crippen MR) is 124 cm³/mol. The number of ether oxygens (including phenoxy) is 2. The van der Waals surface area contributed by atoms with E-state index in [1.807, 2.05) is 24.3 Å². The maximum Gasteiger partial charge on any atom is 0.191 e. The number of halogens is 1. The maximum atomic E-state index is 5.73. The second kappa shape index (κ2) is 14.9. The molecule has 1 aromatic rings. The molecular weight excluding hydrogens is 455 g/mol. The largest absolute Gasteiger partial charge is 0.496 e. The molecule has 0 heterocycles. The Bertz CT molecular complexity index is 530. The highest BCUT2D eigenvalue weighted by molar-refractivity contribution is 14.0. The van der Waals surface area contributed by atoms with Crippen LogP contribution < -0.4 is 15.4 Å². The van der Waals surface area contributed by atoms with Crippen molar-refractivity contribution in [2.24, 2.45) is 4.99 Å². The van der Waals surface area contributed by atoms with Crippen LogP contribution in [0.2, 0.25) is 0 Å². The van der Waals surface area contributed by atoms with Gasteiger partial charge in [0, 0.05) is 44.3 Å². The molecule has 1 rings (SSSR count). The van der Waals surface area contributed by atoms with E-state index in [1.54, 1.807) is 14.2 Å². The Morgan fingerprint density at radius 3 is 2.30 bits per heavy atom. The van der Waals surface area contributed by atoms with Gasteiger partial charge in [-0.1, -0.05) is 18.2 Å². The van der Waals surface area contributed by atoms with E-state index in [-0.39, 0.29) is 24.0 Å². The van der Waals surface area contributed by atoms with Crippen molar-refractivity contribution in [3.63, 3.8) is 0 Å². The third-order valence-electron chi connectivity index (χ3n) is 4.20. The van der Waals surface area contributed by atoms with Gasteiger partial charge < -0.3 is 20.1 Å². The molecule has 0 bridgehead atoms. The molecular formula is C20H37IN4O2. The smallest absolute Gasteiger partial charge is 0.191 e. The Kier molecular flexibility index (Phi) is 14.3. The molecule has 6 nitrogen and oxygen atoms in total. The fourth-order valence-electron chi connectivity index (χ4n) is 2.88. The van der Waals surface area contributed by atoms with E-state index < -0.39 is 0 Å². The van der Waals surface area contributed by atoms with Gasteiger partial charge in [0.2, 0.25) is 0 Å². The maximum absolute atomic E-state index is 5.73. The van der Waals surface area contributed by atoms with Crippen molar-refractivity contribution in [2.45, 2.75) is 46.4 Å². The van der Waals surface area contributed by atoms with Crippen molar-refractivity contribution in [3.05, 3.63) is 29.8 Å². The molecule has 27 heavy (non-hydrogen) atoms. The summed E-state index contributed by atoms with van der Waals surface area (Å²) in [5, 5.41) is 6.64. The van der Waals surface area contributed by atoms with Gasteiger partial charge in [-0.3, -0.25) is 9.89 Å². The molecule has 1 aromatic carbocycles. The van der Waals surface area contributed by atoms with E-state index in [4.69, 9.17) is 9.47 Å². The van der Waals surface area contributed by atoms with E-state index in [2.05, 4.69) is 48.2 Å². The first-order valence-electron chi connectivity index (χ1n) is 9.39. The second-order valence-electron chi connectivity index (χ2n) is 6.72. The molecule has 0 atom stereocenters. The van der Waals surface area contributed by atoms with Crippen molar-refractivity contribution in [1.29, 1.82) is 0 Å². The lowest BCUT2D eigenvalue weighted by atomic mass is 10.2. The molecule has 0 saturated carbocycles. The average Bonchev–Trinajstić information content (AvgIpc) is 2.62. The van der Waals surface area contributed by atoms with Crippen molar-refractivity contribution in [3.8, 4) is 5.75 Å². The molecule has 0 aliphatic heterocycles. The summed E-state index contributed by atoms with van der Waals surface area (Å²) in [6, 6.07) is 8.98. The van der Waals surface area contributed by atoms with Gasteiger partial charge >= 0.3 is 0 Å². The molecule has 0 spiro atoms. The average molecular weight is 492 g/mol. The van der Waals surface area contributed by atoms with Crippen LogP contribution in [0.4, 0.5) is 0 Å². The van der Waals surface area contributed by atoms with Gasteiger partial charge in [-0.2, -0.15) is 0 Å². The first kappa shape index (κ1) is 25.9. The zero-order valence-corrected chi connectivity index (χ0v) is 19.9. The first-order valence-corrected chi connectivity index (χ1v) is 9.39. The van der Waals surface area contributed by atoms with Gasteiger partial charge in [-0.25, -0.2) is 0 Å². The quantitative estimate of drug-likeness (QED) is 0.215. The molecule has 0 saturated heterocycles. The van der Waals surface area contributed by atoms with E-state index >= 15 is 0 Å². The van der Waals surface area contributed by atoms with E-state index in [1.165, 1.54) is 0 Å². The number of para-hydroxylation sites is 1. The SMILES string of the molecule is CN=C(NCCOCc1ccccc1OC)NCCN(C(C)C)C(C)C.I. The van der Waals surface area contributed by atoms with Gasteiger partial charge in [-0.05, 0) is 33.8 Å². The summed E-state index contributed by atoms with van der Waals surface area (Å²) in [4.78, 5) is 6.71. The fraction of sp³-hybridized carbons (Fsp3) is 0.650. The topological polar surface area (TPSA) is 58.1 Å². The van der Waals surface area contributed by atoms with Crippen LogP contribution in [-0.4, -0.2) is 63.3 Å². The Morgan fingerprint density at radius 1 is 1.07 bits per heavy atom. The summed E-state index contributed by atoms with van der Waals surface area (Å²) in [6.07, 6.45) is 0. The van der Waals surface area contributed by atoms with Crippen molar-refractivity contribution >= 4 is 29.9 Å². The van der Waals surface area contributed by atoms with Gasteiger partial charge in [0.25, 0.3) is 0 Å². The van der Waals surface area contributed by atoms with Crippen LogP contribution in [0.1, 0.15) is 33.3 Å². The monoisotopic (exact) mass is 492 g/mol. The highest BCUT2D eigenvalue weighted by Crippen LogP contribution is 2.17. The first-order chi connectivity index (χ1) is 12.5. The molecule has 156 valence electrons. The van der Waals surface area contributed by atoms with Crippen LogP contribution in [0.5, 0.6) is 5.75 Å². The van der Waals surface area contributed by atoms with Crippen LogP contribution in [-0.2, 0) is 11.3 Å². The standard InChI is InChI=1S/C20H36N4O2.HI/c1-16(2)24(17(3)4)13-11-22-20(21-5)23-12-14-26-15-18-9-7-8-10-19(18)25-6;/h7-10,16-17H,11-15H2,1-6H3,(H2,21,22,23);1H. The van der Waals surface area contributed by atoms with E-state index in [0.717, 1.165) is 30.4 Å². The number of rotatable bonds is 11. The highest BCUT2D eigenvalue weighted by atomic mass is 127. The van der Waals surface area contributed by atoms with Gasteiger partial charge in [0.1, 0.15) is 5.75 Å². The molecule has 0 unspecified atom stereocenters. The summed E-state index contributed by atoms with van der Waals surface area (Å²) < 4.78 is 11.1. The molecule has 0 aliphatic carbocycles. The number of hydrogen-bond acceptors (Lipinski definition) is 4. The Labute approximate surface area is 182 Å². The van der Waals surface area contributed by atoms with E-state index in [9.17, 15) is 0 Å². The molecule has 0 aliphatic rings. The van der Waals surface area contributed by atoms with Crippen LogP contribution in [0, 0.1) is 0 Å². The lowest BCUT2D eigenvalue weighted by molar-refractivity contribution is 0.123. The molecule has 0 amide bonds. The number of nitrogens with zero attached hydrogens (tertiary/aromatic N) is 2. The normalized spacial score (nSPS) is 11.7. The van der Waals surface area contributed by atoms with Gasteiger partial charge in [0.05, 0.1) is 20.3 Å². The summed E-state index contributed by atoms with van der Waals surface area (Å²) in [5.41, 5.74) is 1.06. The van der Waals surface area contributed by atoms with E-state index in [0.29, 0.717) is 31.8 Å². The summed E-state index contributed by atoms with van der Waals surface area (Å²) in [5.74, 6) is 1.66. The van der Waals surface area contributed by atoms with Crippen molar-refractivity contribution < 1.29 is 9.47 Å². The number of nitrogens with one attached hydrogen (secondary N) is 2. The number of aliphatic imine (C=N–C) groups is 1. The van der Waals surface area contributed by atoms with Crippen LogP contribution in [0.25, 0.3) is 0 Å². The van der Waals surface area contributed by atoms with Gasteiger partial charge in [-0.15, -0.1) is 24.0 Å². The minimum absolute atomic E-state index is 0. The third-order valence-corrected chi connectivity index (χ3v) is 4.20. The highest BCUT2D eigenvalue weighted by Gasteiger charge is 2.12. The molecule has 0 aromatic heterocycles. The van der Waals surface area contributed by atoms with Crippen molar-refractivity contribution in [2.75, 3.05) is 40.4 Å². The van der Waals surface area contributed by atoms with Gasteiger partial charge in [0.15, 0.2) is 5.96 Å². The zero-order chi connectivity index (χ0) is 19.4. The number of hydrogen-bond donors (Lipinski definition) is 2. The number of benzene rings is 1. The molecule has 0 fully saturated rings. The number of guanidine groups is 1. The summed E-state index contributed by atoms with van der Waals surface area (Å²) >= 11 is 0. The Morgan fingerprint density at radius 2 is 1.70 bits per heavy atom. The lowest BCUT2D eigenvalue weighted by Gasteiger charge is -2.30. The zero-order valence-electron chi connectivity index (χ0n) is 17.6. The lowest BCUT2D eigenvalue weighted by Crippen LogP contribution is -2.45. The summed E-state index contributed by atoms with van der Waals surface area (Å²) in [6.45, 7) is 12.6. The Hall–Kier alpha value is -1.06. The van der Waals surface area contributed by atoms with Crippen LogP contribution in [0.3, 0.4) is 0 Å². The minimum atomic E-state index is 0. The fourth-order valence-corrected chi connectivity index (χ4v) is 2.88. The predicted octanol–water partition coefficient (Wildman–Crippen LogP) is 3.11. The minimum Gasteiger partial charge on any atom is -0.496 e. The number of methoxy groups -OCH3 is 1.